The molecule has 2 heterocycles. The molecule has 0 bridgehead atoms. The number of aromatic nitrogens is 1. The first-order valence-corrected chi connectivity index (χ1v) is 6.11. The monoisotopic (exact) mass is 270 g/mol. The Morgan fingerprint density at radius 3 is 3.12 bits per heavy atom. The fourth-order valence-corrected chi connectivity index (χ4v) is 2.15. The normalized spacial score (nSPS) is 21.1. The number of nitrogens with zero attached hydrogens (tertiary/aromatic N) is 3. The first-order chi connectivity index (χ1) is 8.20. The van der Waals surface area contributed by atoms with Gasteiger partial charge in [-0.25, -0.2) is 4.98 Å². The van der Waals surface area contributed by atoms with Gasteiger partial charge in [-0.05, 0) is 12.1 Å². The van der Waals surface area contributed by atoms with Crippen LogP contribution in [0.25, 0.3) is 0 Å². The molecule has 0 aliphatic carbocycles. The van der Waals surface area contributed by atoms with Crippen molar-refractivity contribution in [1.29, 1.82) is 5.26 Å². The minimum atomic E-state index is -0.138. The molecule has 0 aromatic carbocycles. The molecule has 0 radical (unpaired) electrons. The number of pyridine rings is 1. The summed E-state index contributed by atoms with van der Waals surface area (Å²) in [6.07, 6.45) is 0. The lowest BCUT2D eigenvalue weighted by Crippen LogP contribution is -2.50. The largest absolute Gasteiger partial charge is 0.313 e. The third-order valence-electron chi connectivity index (χ3n) is 2.74. The van der Waals surface area contributed by atoms with E-state index in [1.807, 2.05) is 0 Å². The van der Waals surface area contributed by atoms with Gasteiger partial charge >= 0.3 is 0 Å². The highest BCUT2D eigenvalue weighted by Gasteiger charge is 2.22. The van der Waals surface area contributed by atoms with Crippen LogP contribution in [0, 0.1) is 11.3 Å². The first-order valence-electron chi connectivity index (χ1n) is 5.36. The molecule has 0 amide bonds. The molecule has 1 aliphatic heterocycles. The van der Waals surface area contributed by atoms with Crippen LogP contribution in [0.4, 0.5) is 0 Å². The predicted molar refractivity (Wildman–Crippen MR) is 66.9 cm³/mol. The van der Waals surface area contributed by atoms with E-state index in [1.165, 1.54) is 0 Å². The fourth-order valence-electron chi connectivity index (χ4n) is 1.82. The van der Waals surface area contributed by atoms with E-state index in [9.17, 15) is 0 Å². The number of piperazine rings is 1. The second-order valence-electron chi connectivity index (χ2n) is 3.88. The molecule has 0 spiro atoms. The van der Waals surface area contributed by atoms with Crippen LogP contribution < -0.4 is 5.32 Å². The Bertz CT molecular complexity index is 444. The molecule has 1 atom stereocenters. The molecule has 0 saturated carbocycles. The summed E-state index contributed by atoms with van der Waals surface area (Å²) in [4.78, 5) is 6.25. The summed E-state index contributed by atoms with van der Waals surface area (Å²) < 4.78 is 0. The van der Waals surface area contributed by atoms with Crippen molar-refractivity contribution < 1.29 is 0 Å². The maximum atomic E-state index is 9.05. The summed E-state index contributed by atoms with van der Waals surface area (Å²) >= 11 is 11.9. The summed E-state index contributed by atoms with van der Waals surface area (Å²) in [5.41, 5.74) is 0.723. The van der Waals surface area contributed by atoms with Crippen LogP contribution in [0.2, 0.25) is 10.2 Å². The van der Waals surface area contributed by atoms with Crippen molar-refractivity contribution in [1.82, 2.24) is 15.2 Å². The Balaban J connectivity index is 2.14. The van der Waals surface area contributed by atoms with E-state index < -0.39 is 0 Å². The van der Waals surface area contributed by atoms with Gasteiger partial charge in [0.05, 0.1) is 16.8 Å². The van der Waals surface area contributed by atoms with Crippen molar-refractivity contribution in [3.8, 4) is 6.07 Å². The smallest absolute Gasteiger partial charge is 0.129 e. The van der Waals surface area contributed by atoms with Crippen molar-refractivity contribution in [2.24, 2.45) is 0 Å². The van der Waals surface area contributed by atoms with Crippen molar-refractivity contribution in [3.63, 3.8) is 0 Å². The van der Waals surface area contributed by atoms with Crippen LogP contribution in [-0.2, 0) is 6.54 Å². The van der Waals surface area contributed by atoms with Gasteiger partial charge in [-0.1, -0.05) is 23.2 Å². The van der Waals surface area contributed by atoms with Gasteiger partial charge in [0.25, 0.3) is 0 Å². The minimum Gasteiger partial charge on any atom is -0.313 e. The van der Waals surface area contributed by atoms with Gasteiger partial charge in [-0.15, -0.1) is 0 Å². The minimum absolute atomic E-state index is 0.138. The molecular weight excluding hydrogens is 259 g/mol. The lowest BCUT2D eigenvalue weighted by molar-refractivity contribution is 0.187. The van der Waals surface area contributed by atoms with E-state index in [4.69, 9.17) is 28.5 Å². The average Bonchev–Trinajstić information content (AvgIpc) is 2.34. The van der Waals surface area contributed by atoms with Crippen LogP contribution >= 0.6 is 23.2 Å². The zero-order valence-electron chi connectivity index (χ0n) is 9.16. The first kappa shape index (κ1) is 12.6. The summed E-state index contributed by atoms with van der Waals surface area (Å²) in [5.74, 6) is 0. The van der Waals surface area contributed by atoms with Gasteiger partial charge in [-0.3, -0.25) is 4.90 Å². The van der Waals surface area contributed by atoms with Crippen LogP contribution in [0.1, 0.15) is 5.69 Å². The number of rotatable bonds is 2. The molecule has 17 heavy (non-hydrogen) atoms. The zero-order chi connectivity index (χ0) is 12.3. The van der Waals surface area contributed by atoms with Gasteiger partial charge in [0.2, 0.25) is 0 Å². The van der Waals surface area contributed by atoms with Crippen molar-refractivity contribution in [2.75, 3.05) is 19.6 Å². The van der Waals surface area contributed by atoms with Crippen LogP contribution in [0.3, 0.4) is 0 Å². The van der Waals surface area contributed by atoms with Crippen molar-refractivity contribution in [3.05, 3.63) is 28.0 Å². The molecular formula is C11H12Cl2N4. The highest BCUT2D eigenvalue weighted by molar-refractivity contribution is 6.32. The highest BCUT2D eigenvalue weighted by Crippen LogP contribution is 2.19. The van der Waals surface area contributed by atoms with Gasteiger partial charge in [0.1, 0.15) is 11.2 Å². The molecule has 2 rings (SSSR count). The third-order valence-corrected chi connectivity index (χ3v) is 3.30. The van der Waals surface area contributed by atoms with Gasteiger partial charge in [0, 0.05) is 26.2 Å². The summed E-state index contributed by atoms with van der Waals surface area (Å²) in [6.45, 7) is 2.91. The van der Waals surface area contributed by atoms with Crippen molar-refractivity contribution in [2.45, 2.75) is 12.6 Å². The highest BCUT2D eigenvalue weighted by atomic mass is 35.5. The molecule has 1 aliphatic rings. The Kier molecular flexibility index (Phi) is 4.19. The Morgan fingerprint density at radius 1 is 1.53 bits per heavy atom. The number of nitrogens with one attached hydrogen (secondary N) is 1. The van der Waals surface area contributed by atoms with E-state index in [1.54, 1.807) is 12.1 Å². The standard InChI is InChI=1S/C11H12Cl2N4/c12-9-1-2-11(13)16-10(9)7-17-4-3-15-6-8(17)5-14/h1-2,8,15H,3-4,6-7H2. The lowest BCUT2D eigenvalue weighted by Gasteiger charge is -2.31. The quantitative estimate of drug-likeness (QED) is 0.831. The maximum Gasteiger partial charge on any atom is 0.129 e. The molecule has 1 unspecified atom stereocenters. The van der Waals surface area contributed by atoms with Crippen LogP contribution in [-0.4, -0.2) is 35.6 Å². The SMILES string of the molecule is N#CC1CNCCN1Cc1nc(Cl)ccc1Cl. The Morgan fingerprint density at radius 2 is 2.35 bits per heavy atom. The fraction of sp³-hybridized carbons (Fsp3) is 0.455. The number of halogens is 2. The number of nitriles is 1. The van der Waals surface area contributed by atoms with Gasteiger partial charge in [0.15, 0.2) is 0 Å². The van der Waals surface area contributed by atoms with Gasteiger partial charge in [-0.2, -0.15) is 5.26 Å². The molecule has 1 fully saturated rings. The van der Waals surface area contributed by atoms with Crippen molar-refractivity contribution >= 4 is 23.2 Å². The molecule has 1 saturated heterocycles. The van der Waals surface area contributed by atoms with E-state index in [2.05, 4.69) is 21.3 Å². The van der Waals surface area contributed by atoms with E-state index >= 15 is 0 Å². The number of hydrogen-bond donors (Lipinski definition) is 1. The molecule has 6 heteroatoms. The average molecular weight is 271 g/mol. The predicted octanol–water partition coefficient (Wildman–Crippen LogP) is 1.69. The van der Waals surface area contributed by atoms with E-state index in [-0.39, 0.29) is 6.04 Å². The van der Waals surface area contributed by atoms with Gasteiger partial charge < -0.3 is 5.32 Å². The lowest BCUT2D eigenvalue weighted by atomic mass is 10.2. The summed E-state index contributed by atoms with van der Waals surface area (Å²) in [6, 6.07) is 5.52. The molecule has 1 aromatic heterocycles. The second-order valence-corrected chi connectivity index (χ2v) is 4.68. The Labute approximate surface area is 110 Å². The molecule has 1 N–H and O–H groups in total. The molecule has 4 nitrogen and oxygen atoms in total. The molecule has 90 valence electrons. The van der Waals surface area contributed by atoms with E-state index in [0.717, 1.165) is 18.8 Å². The zero-order valence-corrected chi connectivity index (χ0v) is 10.7. The summed E-state index contributed by atoms with van der Waals surface area (Å²) in [7, 11) is 0. The third kappa shape index (κ3) is 3.08. The summed E-state index contributed by atoms with van der Waals surface area (Å²) in [5, 5.41) is 13.2. The van der Waals surface area contributed by atoms with Crippen LogP contribution in [0.5, 0.6) is 0 Å². The Hall–Kier alpha value is -0.860. The topological polar surface area (TPSA) is 52.0 Å². The maximum absolute atomic E-state index is 9.05. The number of hydrogen-bond acceptors (Lipinski definition) is 4. The second kappa shape index (κ2) is 5.65. The molecule has 1 aromatic rings. The van der Waals surface area contributed by atoms with E-state index in [0.29, 0.717) is 23.3 Å². The van der Waals surface area contributed by atoms with Crippen LogP contribution in [0.15, 0.2) is 12.1 Å².